The van der Waals surface area contributed by atoms with Gasteiger partial charge in [0.15, 0.2) is 0 Å². The Hall–Kier alpha value is -1.16. The summed E-state index contributed by atoms with van der Waals surface area (Å²) in [4.78, 5) is 6.35. The Kier molecular flexibility index (Phi) is 3.72. The number of anilines is 1. The topological polar surface area (TPSA) is 42.1 Å². The van der Waals surface area contributed by atoms with Crippen molar-refractivity contribution >= 4 is 5.82 Å². The molecule has 1 aliphatic rings. The molecule has 0 aliphatic carbocycles. The molecule has 1 aromatic rings. The van der Waals surface area contributed by atoms with Crippen molar-refractivity contribution in [2.24, 2.45) is 5.73 Å². The molecule has 2 N–H and O–H groups in total. The summed E-state index contributed by atoms with van der Waals surface area (Å²) < 4.78 is 12.8. The number of aromatic nitrogens is 1. The molecule has 1 saturated heterocycles. The Labute approximate surface area is 95.5 Å². The van der Waals surface area contributed by atoms with Gasteiger partial charge in [0, 0.05) is 19.1 Å². The first-order valence-electron chi connectivity index (χ1n) is 5.89. The third-order valence-corrected chi connectivity index (χ3v) is 3.16. The molecular formula is C12H18FN3. The van der Waals surface area contributed by atoms with Gasteiger partial charge in [0.25, 0.3) is 0 Å². The summed E-state index contributed by atoms with van der Waals surface area (Å²) in [5.74, 6) is 0.557. The maximum atomic E-state index is 12.8. The molecule has 2 rings (SSSR count). The van der Waals surface area contributed by atoms with Crippen LogP contribution in [0.4, 0.5) is 10.2 Å². The van der Waals surface area contributed by atoms with Gasteiger partial charge in [0.05, 0.1) is 6.20 Å². The summed E-state index contributed by atoms with van der Waals surface area (Å²) in [6.45, 7) is 1.61. The third-order valence-electron chi connectivity index (χ3n) is 3.16. The molecule has 0 bridgehead atoms. The van der Waals surface area contributed by atoms with Crippen molar-refractivity contribution in [3.63, 3.8) is 0 Å². The minimum Gasteiger partial charge on any atom is -0.352 e. The smallest absolute Gasteiger partial charge is 0.141 e. The molecule has 1 aliphatic heterocycles. The predicted molar refractivity (Wildman–Crippen MR) is 62.9 cm³/mol. The molecule has 0 spiro atoms. The molecule has 16 heavy (non-hydrogen) atoms. The van der Waals surface area contributed by atoms with E-state index in [1.165, 1.54) is 25.1 Å². The lowest BCUT2D eigenvalue weighted by molar-refractivity contribution is 0.572. The van der Waals surface area contributed by atoms with E-state index in [-0.39, 0.29) is 5.82 Å². The van der Waals surface area contributed by atoms with Gasteiger partial charge in [-0.15, -0.1) is 0 Å². The quantitative estimate of drug-likeness (QED) is 0.833. The van der Waals surface area contributed by atoms with Crippen molar-refractivity contribution in [3.05, 3.63) is 24.1 Å². The molecule has 4 heteroatoms. The van der Waals surface area contributed by atoms with Crippen LogP contribution in [0.2, 0.25) is 0 Å². The Balaban J connectivity index is 2.18. The third kappa shape index (κ3) is 2.50. The summed E-state index contributed by atoms with van der Waals surface area (Å²) in [7, 11) is 0. The fraction of sp³-hybridized carbons (Fsp3) is 0.583. The molecule has 1 fully saturated rings. The first kappa shape index (κ1) is 11.3. The van der Waals surface area contributed by atoms with Crippen LogP contribution in [-0.4, -0.2) is 24.1 Å². The average Bonchev–Trinajstić information content (AvgIpc) is 2.55. The summed E-state index contributed by atoms with van der Waals surface area (Å²) >= 11 is 0. The highest BCUT2D eigenvalue weighted by Crippen LogP contribution is 2.21. The second-order valence-electron chi connectivity index (χ2n) is 4.27. The van der Waals surface area contributed by atoms with Gasteiger partial charge in [-0.25, -0.2) is 9.37 Å². The molecule has 1 aromatic heterocycles. The number of hydrogen-bond donors (Lipinski definition) is 1. The van der Waals surface area contributed by atoms with Crippen LogP contribution in [0.25, 0.3) is 0 Å². The molecule has 1 atom stereocenters. The van der Waals surface area contributed by atoms with Crippen molar-refractivity contribution < 1.29 is 4.39 Å². The van der Waals surface area contributed by atoms with E-state index < -0.39 is 0 Å². The van der Waals surface area contributed by atoms with Gasteiger partial charge in [-0.3, -0.25) is 0 Å². The monoisotopic (exact) mass is 223 g/mol. The number of rotatable bonds is 2. The summed E-state index contributed by atoms with van der Waals surface area (Å²) in [6.07, 6.45) is 6.01. The average molecular weight is 223 g/mol. The van der Waals surface area contributed by atoms with E-state index in [4.69, 9.17) is 5.73 Å². The van der Waals surface area contributed by atoms with Gasteiger partial charge in [-0.05, 0) is 25.0 Å². The van der Waals surface area contributed by atoms with Crippen LogP contribution in [0.3, 0.4) is 0 Å². The van der Waals surface area contributed by atoms with Gasteiger partial charge in [-0.2, -0.15) is 0 Å². The fourth-order valence-electron chi connectivity index (χ4n) is 2.26. The summed E-state index contributed by atoms with van der Waals surface area (Å²) in [6, 6.07) is 3.55. The van der Waals surface area contributed by atoms with E-state index in [1.807, 2.05) is 0 Å². The van der Waals surface area contributed by atoms with Crippen LogP contribution < -0.4 is 10.6 Å². The Bertz CT molecular complexity index is 326. The lowest BCUT2D eigenvalue weighted by Gasteiger charge is -2.30. The van der Waals surface area contributed by atoms with Crippen molar-refractivity contribution in [2.45, 2.75) is 31.7 Å². The lowest BCUT2D eigenvalue weighted by atomic mass is 10.1. The highest BCUT2D eigenvalue weighted by molar-refractivity contribution is 5.39. The molecule has 2 heterocycles. The largest absolute Gasteiger partial charge is 0.352 e. The van der Waals surface area contributed by atoms with E-state index in [1.54, 1.807) is 6.07 Å². The fourth-order valence-corrected chi connectivity index (χ4v) is 2.26. The normalized spacial score (nSPS) is 21.9. The molecule has 0 saturated carbocycles. The van der Waals surface area contributed by atoms with Crippen molar-refractivity contribution in [2.75, 3.05) is 18.0 Å². The highest BCUT2D eigenvalue weighted by atomic mass is 19.1. The van der Waals surface area contributed by atoms with Crippen LogP contribution in [0, 0.1) is 5.82 Å². The zero-order valence-corrected chi connectivity index (χ0v) is 9.40. The standard InChI is InChI=1S/C12H18FN3/c13-10-5-6-12(15-9-10)16-7-3-1-2-4-11(16)8-14/h5-6,9,11H,1-4,7-8,14H2. The van der Waals surface area contributed by atoms with Crippen LogP contribution in [0.15, 0.2) is 18.3 Å². The summed E-state index contributed by atoms with van der Waals surface area (Å²) in [5.41, 5.74) is 5.79. The zero-order chi connectivity index (χ0) is 11.4. The number of pyridine rings is 1. The highest BCUT2D eigenvalue weighted by Gasteiger charge is 2.20. The van der Waals surface area contributed by atoms with Crippen LogP contribution >= 0.6 is 0 Å². The van der Waals surface area contributed by atoms with Crippen LogP contribution in [-0.2, 0) is 0 Å². The predicted octanol–water partition coefficient (Wildman–Crippen LogP) is 1.93. The zero-order valence-electron chi connectivity index (χ0n) is 9.40. The lowest BCUT2D eigenvalue weighted by Crippen LogP contribution is -2.40. The van der Waals surface area contributed by atoms with Crippen molar-refractivity contribution in [1.82, 2.24) is 4.98 Å². The second kappa shape index (κ2) is 5.25. The number of hydrogen-bond acceptors (Lipinski definition) is 3. The molecular weight excluding hydrogens is 205 g/mol. The van der Waals surface area contributed by atoms with Gasteiger partial charge < -0.3 is 10.6 Å². The second-order valence-corrected chi connectivity index (χ2v) is 4.27. The minimum absolute atomic E-state index is 0.289. The summed E-state index contributed by atoms with van der Waals surface area (Å²) in [5, 5.41) is 0. The van der Waals surface area contributed by atoms with Gasteiger partial charge in [0.1, 0.15) is 11.6 Å². The molecule has 1 unspecified atom stereocenters. The molecule has 88 valence electrons. The number of halogens is 1. The first-order chi connectivity index (χ1) is 7.81. The Morgan fingerprint density at radius 3 is 2.94 bits per heavy atom. The minimum atomic E-state index is -0.289. The number of nitrogens with two attached hydrogens (primary N) is 1. The van der Waals surface area contributed by atoms with Gasteiger partial charge in [0.2, 0.25) is 0 Å². The van der Waals surface area contributed by atoms with E-state index in [0.29, 0.717) is 12.6 Å². The molecule has 0 amide bonds. The van der Waals surface area contributed by atoms with E-state index >= 15 is 0 Å². The molecule has 0 aromatic carbocycles. The Morgan fingerprint density at radius 1 is 1.38 bits per heavy atom. The van der Waals surface area contributed by atoms with Crippen LogP contribution in [0.5, 0.6) is 0 Å². The first-order valence-corrected chi connectivity index (χ1v) is 5.89. The van der Waals surface area contributed by atoms with Crippen molar-refractivity contribution in [3.8, 4) is 0 Å². The van der Waals surface area contributed by atoms with E-state index in [9.17, 15) is 4.39 Å². The van der Waals surface area contributed by atoms with Crippen LogP contribution in [0.1, 0.15) is 25.7 Å². The van der Waals surface area contributed by atoms with E-state index in [2.05, 4.69) is 9.88 Å². The number of nitrogens with zero attached hydrogens (tertiary/aromatic N) is 2. The van der Waals surface area contributed by atoms with Gasteiger partial charge >= 0.3 is 0 Å². The van der Waals surface area contributed by atoms with Crippen molar-refractivity contribution in [1.29, 1.82) is 0 Å². The van der Waals surface area contributed by atoms with E-state index in [0.717, 1.165) is 25.2 Å². The maximum Gasteiger partial charge on any atom is 0.141 e. The maximum absolute atomic E-state index is 12.8. The van der Waals surface area contributed by atoms with Gasteiger partial charge in [-0.1, -0.05) is 12.8 Å². The SMILES string of the molecule is NCC1CCCCCN1c1ccc(F)cn1. The Morgan fingerprint density at radius 2 is 2.25 bits per heavy atom. The molecule has 0 radical (unpaired) electrons. The molecule has 3 nitrogen and oxygen atoms in total.